The Kier molecular flexibility index (Phi) is 20.0. The van der Waals surface area contributed by atoms with Gasteiger partial charge in [0.15, 0.2) is 0 Å². The number of phosphoric acid groups is 1. The molecule has 0 fully saturated rings. The van der Waals surface area contributed by atoms with Crippen molar-refractivity contribution in [3.05, 3.63) is 72.8 Å². The van der Waals surface area contributed by atoms with Crippen molar-refractivity contribution in [1.82, 2.24) is 87.5 Å². The monoisotopic (exact) mass is 986 g/mol. The summed E-state index contributed by atoms with van der Waals surface area (Å²) in [7, 11) is 24.3. The molecular weight excluding hydrogens is 920 g/mol. The predicted octanol–water partition coefficient (Wildman–Crippen LogP) is 0.842. The van der Waals surface area contributed by atoms with Crippen LogP contribution in [0.15, 0.2) is 72.8 Å². The molecule has 0 spiro atoms. The van der Waals surface area contributed by atoms with E-state index in [1.807, 2.05) is 200 Å². The first-order valence-electron chi connectivity index (χ1n) is 19.7. The molecule has 0 saturated carbocycles. The molecule has 362 valence electrons. The minimum Gasteiger partial charge on any atom is -0.822 e. The van der Waals surface area contributed by atoms with Crippen molar-refractivity contribution < 1.29 is 33.1 Å². The zero-order chi connectivity index (χ0) is 49.2. The zero-order valence-corrected chi connectivity index (χ0v) is 44.2. The van der Waals surface area contributed by atoms with Gasteiger partial charge in [-0.1, -0.05) is 36.4 Å². The average Bonchev–Trinajstić information content (AvgIpc) is 3.93. The van der Waals surface area contributed by atoms with Gasteiger partial charge in [-0.15, -0.1) is 57.3 Å². The number of fused-ring (bicyclic) bond motifs is 3. The summed E-state index contributed by atoms with van der Waals surface area (Å²) in [6.07, 6.45) is 0. The Morgan fingerprint density at radius 3 is 0.723 bits per heavy atom. The summed E-state index contributed by atoms with van der Waals surface area (Å²) in [5, 5.41) is 24.8. The fraction of sp³-hybridized carbons (Fsp3) is 0.500. The second-order valence-electron chi connectivity index (χ2n) is 15.7. The Bertz CT molecular complexity index is 2100. The van der Waals surface area contributed by atoms with Gasteiger partial charge in [0.2, 0.25) is 0 Å². The lowest BCUT2D eigenvalue weighted by atomic mass is 10.3. The molecule has 0 atom stereocenters. The number of hydrogen-bond donors (Lipinski definition) is 0. The van der Waals surface area contributed by atoms with E-state index in [1.165, 1.54) is 14.5 Å². The predicted molar refractivity (Wildman–Crippen MR) is 254 cm³/mol. The molecule has 29 heteroatoms. The van der Waals surface area contributed by atoms with Gasteiger partial charge in [0, 0.05) is 127 Å². The molecule has 6 aromatic rings. The summed E-state index contributed by atoms with van der Waals surface area (Å²) in [6, 6.07) is 23.3. The molecule has 0 saturated heterocycles. The molecule has 0 bridgehead atoms. The Hall–Kier alpha value is -3.70. The van der Waals surface area contributed by atoms with Crippen LogP contribution in [-0.2, 0) is 4.57 Å². The lowest BCUT2D eigenvalue weighted by molar-refractivity contribution is -0.432. The molecule has 0 amide bonds. The number of para-hydroxylation sites is 3. The van der Waals surface area contributed by atoms with Crippen LogP contribution in [0.3, 0.4) is 0 Å². The maximum atomic E-state index is 8.55. The molecule has 0 aliphatic rings. The van der Waals surface area contributed by atoms with Crippen molar-refractivity contribution in [2.45, 2.75) is 0 Å². The third kappa shape index (κ3) is 13.1. The van der Waals surface area contributed by atoms with E-state index < -0.39 is 31.6 Å². The number of rotatable bonds is 15. The van der Waals surface area contributed by atoms with Gasteiger partial charge < -0.3 is 19.2 Å². The number of aromatic nitrogens is 9. The highest BCUT2D eigenvalue weighted by Gasteiger charge is 2.56. The van der Waals surface area contributed by atoms with E-state index in [2.05, 4.69) is 73.0 Å². The van der Waals surface area contributed by atoms with Crippen molar-refractivity contribution in [3.8, 4) is 0 Å². The first-order valence-corrected chi connectivity index (χ1v) is 25.9. The van der Waals surface area contributed by atoms with Crippen LogP contribution >= 0.6 is 31.6 Å². The first kappa shape index (κ1) is 55.6. The minimum absolute atomic E-state index is 0.821. The standard InChI is InChI=1S/3C12H22N6OP.H3O4P/c3*1-15(2)20(16(3)4,17(5)6)19-18-12-10-8-7-9-11(12)13-14-18;1-5(2,3)4/h3*7-10H,1-6H3;(H3,1,2,3,4)/q3*+1;/p-3. The van der Waals surface area contributed by atoms with Crippen molar-refractivity contribution in [1.29, 1.82) is 0 Å². The molecule has 65 heavy (non-hydrogen) atoms. The van der Waals surface area contributed by atoms with Crippen molar-refractivity contribution in [2.24, 2.45) is 0 Å². The van der Waals surface area contributed by atoms with Gasteiger partial charge >= 0.3 is 23.8 Å². The van der Waals surface area contributed by atoms with Crippen LogP contribution in [0.5, 0.6) is 0 Å². The number of benzene rings is 3. The van der Waals surface area contributed by atoms with E-state index in [-0.39, 0.29) is 0 Å². The molecule has 0 aliphatic heterocycles. The molecule has 0 unspecified atom stereocenters. The molecule has 0 radical (unpaired) electrons. The summed E-state index contributed by atoms with van der Waals surface area (Å²) in [5.74, 6) is 0. The molecule has 0 aliphatic carbocycles. The smallest absolute Gasteiger partial charge is 0.449 e. The molecule has 0 N–H and O–H groups in total. The van der Waals surface area contributed by atoms with E-state index >= 15 is 0 Å². The van der Waals surface area contributed by atoms with Crippen LogP contribution < -0.4 is 28.6 Å². The molecule has 6 rings (SSSR count). The van der Waals surface area contributed by atoms with Crippen molar-refractivity contribution in [2.75, 3.05) is 127 Å². The second kappa shape index (κ2) is 23.3. The van der Waals surface area contributed by atoms with Crippen LogP contribution in [-0.4, -0.2) is 214 Å². The molecule has 3 aromatic carbocycles. The van der Waals surface area contributed by atoms with Crippen LogP contribution in [0.4, 0.5) is 0 Å². The highest BCUT2D eigenvalue weighted by Crippen LogP contribution is 2.63. The minimum atomic E-state index is -5.39. The summed E-state index contributed by atoms with van der Waals surface area (Å²) < 4.78 is 46.1. The fourth-order valence-electron chi connectivity index (χ4n) is 6.91. The first-order chi connectivity index (χ1) is 30.2. The fourth-order valence-corrected chi connectivity index (χ4v) is 15.7. The summed E-state index contributed by atoms with van der Waals surface area (Å²) in [5.41, 5.74) is 5.05. The van der Waals surface area contributed by atoms with Crippen LogP contribution in [0, 0.1) is 0 Å². The van der Waals surface area contributed by atoms with E-state index in [9.17, 15) is 0 Å². The number of hydrogen-bond acceptors (Lipinski definition) is 22. The Labute approximate surface area is 384 Å². The Balaban J connectivity index is 0.000000246. The zero-order valence-electron chi connectivity index (χ0n) is 40.6. The molecule has 25 nitrogen and oxygen atoms in total. The maximum absolute atomic E-state index is 8.55. The lowest BCUT2D eigenvalue weighted by Gasteiger charge is -2.36. The van der Waals surface area contributed by atoms with Gasteiger partial charge in [-0.05, 0) is 66.6 Å². The van der Waals surface area contributed by atoms with Crippen molar-refractivity contribution in [3.63, 3.8) is 0 Å². The van der Waals surface area contributed by atoms with Crippen LogP contribution in [0.2, 0.25) is 0 Å². The average molecular weight is 987 g/mol. The van der Waals surface area contributed by atoms with Gasteiger partial charge in [0.1, 0.15) is 33.1 Å². The Morgan fingerprint density at radius 2 is 0.554 bits per heavy atom. The molecular formula is C36H66N18O7P4. The van der Waals surface area contributed by atoms with Crippen molar-refractivity contribution >= 4 is 64.7 Å². The van der Waals surface area contributed by atoms with Crippen LogP contribution in [0.25, 0.3) is 33.1 Å². The highest BCUT2D eigenvalue weighted by molar-refractivity contribution is 7.65. The normalized spacial score (nSPS) is 12.8. The van der Waals surface area contributed by atoms with Gasteiger partial charge in [0.25, 0.3) is 0 Å². The highest BCUT2D eigenvalue weighted by atomic mass is 31.2. The summed E-state index contributed by atoms with van der Waals surface area (Å²) in [6.45, 7) is 0. The molecule has 3 heterocycles. The van der Waals surface area contributed by atoms with Gasteiger partial charge in [-0.2, -0.15) is 21.7 Å². The summed E-state index contributed by atoms with van der Waals surface area (Å²) >= 11 is 0. The largest absolute Gasteiger partial charge is 0.822 e. The van der Waals surface area contributed by atoms with Crippen LogP contribution in [0.1, 0.15) is 0 Å². The second-order valence-corrected chi connectivity index (χ2v) is 27.4. The third-order valence-electron chi connectivity index (χ3n) is 9.21. The van der Waals surface area contributed by atoms with E-state index in [0.717, 1.165) is 33.1 Å². The SMILES string of the molecule is CN(C)[P+](On1nnc2ccccc21)(N(C)C)N(C)C.CN(C)[P+](On1nnc2ccccc21)(N(C)C)N(C)C.CN(C)[P+](On1nnc2ccccc21)(N(C)C)N(C)C.O=P([O-])([O-])[O-]. The van der Waals surface area contributed by atoms with Gasteiger partial charge in [0.05, 0.1) is 0 Å². The van der Waals surface area contributed by atoms with Gasteiger partial charge in [-0.3, -0.25) is 0 Å². The Morgan fingerprint density at radius 1 is 0.385 bits per heavy atom. The summed E-state index contributed by atoms with van der Waals surface area (Å²) in [4.78, 5) is 30.2. The molecule has 3 aromatic heterocycles. The van der Waals surface area contributed by atoms with E-state index in [4.69, 9.17) is 33.1 Å². The third-order valence-corrected chi connectivity index (χ3v) is 19.7. The lowest BCUT2D eigenvalue weighted by Crippen LogP contribution is -2.42. The van der Waals surface area contributed by atoms with E-state index in [1.54, 1.807) is 0 Å². The van der Waals surface area contributed by atoms with Gasteiger partial charge in [-0.25, -0.2) is 0 Å². The topological polar surface area (TPSA) is 235 Å². The number of nitrogens with zero attached hydrogens (tertiary/aromatic N) is 18. The maximum Gasteiger partial charge on any atom is 0.449 e. The quantitative estimate of drug-likeness (QED) is 0.130. The van der Waals surface area contributed by atoms with E-state index in [0.29, 0.717) is 0 Å².